The second kappa shape index (κ2) is 7.75. The van der Waals surface area contributed by atoms with Gasteiger partial charge in [-0.25, -0.2) is 0 Å². The number of aliphatic hydroxyl groups excluding tert-OH is 1. The number of ether oxygens (including phenoxy) is 1. The topological polar surface area (TPSA) is 61.8 Å². The molecule has 0 saturated carbocycles. The van der Waals surface area contributed by atoms with Crippen LogP contribution in [0.5, 0.6) is 0 Å². The van der Waals surface area contributed by atoms with Gasteiger partial charge in [0.2, 0.25) is 5.91 Å². The molecule has 7 heteroatoms. The van der Waals surface area contributed by atoms with Crippen LogP contribution in [0, 0.1) is 0 Å². The molecule has 3 rings (SSSR count). The molecule has 2 aliphatic rings. The first-order valence-corrected chi connectivity index (χ1v) is 8.00. The van der Waals surface area contributed by atoms with Gasteiger partial charge >= 0.3 is 0 Å². The Morgan fingerprint density at radius 2 is 2.27 bits per heavy atom. The normalized spacial score (nSPS) is 28.3. The van der Waals surface area contributed by atoms with Gasteiger partial charge in [-0.3, -0.25) is 4.79 Å². The predicted octanol–water partition coefficient (Wildman–Crippen LogP) is 1.49. The highest BCUT2D eigenvalue weighted by Gasteiger charge is 2.34. The van der Waals surface area contributed by atoms with E-state index in [0.29, 0.717) is 32.7 Å². The van der Waals surface area contributed by atoms with Gasteiger partial charge in [0, 0.05) is 17.6 Å². The summed E-state index contributed by atoms with van der Waals surface area (Å²) in [6.45, 7) is 2.20. The van der Waals surface area contributed by atoms with Crippen LogP contribution in [0.1, 0.15) is 18.1 Å². The molecule has 2 saturated heterocycles. The van der Waals surface area contributed by atoms with Crippen LogP contribution in [0.2, 0.25) is 0 Å². The van der Waals surface area contributed by atoms with Crippen molar-refractivity contribution >= 4 is 34.2 Å². The molecule has 2 heterocycles. The first kappa shape index (κ1) is 17.7. The van der Waals surface area contributed by atoms with Crippen LogP contribution in [-0.2, 0) is 9.53 Å². The van der Waals surface area contributed by atoms with Gasteiger partial charge in [0.1, 0.15) is 6.10 Å². The van der Waals surface area contributed by atoms with Crippen molar-refractivity contribution in [3.63, 3.8) is 0 Å². The Morgan fingerprint density at radius 1 is 1.45 bits per heavy atom. The molecule has 5 nitrogen and oxygen atoms in total. The van der Waals surface area contributed by atoms with Gasteiger partial charge in [-0.2, -0.15) is 0 Å². The van der Waals surface area contributed by atoms with Crippen molar-refractivity contribution in [1.82, 2.24) is 10.2 Å². The molecule has 1 aromatic carbocycles. The third-order valence-electron chi connectivity index (χ3n) is 4.00. The summed E-state index contributed by atoms with van der Waals surface area (Å²) >= 11 is 3.46. The van der Waals surface area contributed by atoms with E-state index in [9.17, 15) is 9.90 Å². The van der Waals surface area contributed by atoms with Crippen LogP contribution in [0.4, 0.5) is 0 Å². The van der Waals surface area contributed by atoms with Crippen molar-refractivity contribution in [2.75, 3.05) is 26.2 Å². The zero-order valence-corrected chi connectivity index (χ0v) is 14.5. The number of hydrogen-bond acceptors (Lipinski definition) is 4. The summed E-state index contributed by atoms with van der Waals surface area (Å²) in [7, 11) is 0. The lowest BCUT2D eigenvalue weighted by Gasteiger charge is -2.34. The summed E-state index contributed by atoms with van der Waals surface area (Å²) in [5.41, 5.74) is 1.07. The number of benzene rings is 1. The van der Waals surface area contributed by atoms with E-state index in [2.05, 4.69) is 21.2 Å². The number of nitrogens with zero attached hydrogens (tertiary/aromatic N) is 1. The van der Waals surface area contributed by atoms with Gasteiger partial charge in [-0.05, 0) is 24.1 Å². The number of carbonyl (C=O) groups is 1. The Morgan fingerprint density at radius 3 is 2.95 bits per heavy atom. The summed E-state index contributed by atoms with van der Waals surface area (Å²) in [5.74, 6) is 0.0647. The number of amides is 1. The highest BCUT2D eigenvalue weighted by atomic mass is 79.9. The number of β-amino-alcohol motifs (C(OH)–C–C–N with tert-alkyl or cyclic N) is 1. The SMILES string of the molecule is Cl.O=C(C1CC(O)CN1)N1CCOC(c2cccc(Br)c2)C1. The number of rotatable bonds is 2. The molecular formula is C15H20BrClN2O3. The van der Waals surface area contributed by atoms with Crippen molar-refractivity contribution < 1.29 is 14.6 Å². The minimum absolute atomic E-state index is 0. The van der Waals surface area contributed by atoms with Gasteiger partial charge in [-0.1, -0.05) is 28.1 Å². The van der Waals surface area contributed by atoms with Crippen LogP contribution in [-0.4, -0.2) is 54.3 Å². The second-order valence-electron chi connectivity index (χ2n) is 5.55. The Bertz CT molecular complexity index is 531. The number of carbonyl (C=O) groups excluding carboxylic acids is 1. The Balaban J connectivity index is 0.00000176. The van der Waals surface area contributed by atoms with Crippen LogP contribution in [0.25, 0.3) is 0 Å². The van der Waals surface area contributed by atoms with E-state index < -0.39 is 6.10 Å². The molecule has 0 spiro atoms. The summed E-state index contributed by atoms with van der Waals surface area (Å²) in [6, 6.07) is 7.72. The van der Waals surface area contributed by atoms with Gasteiger partial charge in [0.25, 0.3) is 0 Å². The Hall–Kier alpha value is -0.660. The number of hydrogen-bond donors (Lipinski definition) is 2. The lowest BCUT2D eigenvalue weighted by molar-refractivity contribution is -0.141. The number of halogens is 2. The first-order chi connectivity index (χ1) is 10.1. The highest BCUT2D eigenvalue weighted by molar-refractivity contribution is 9.10. The summed E-state index contributed by atoms with van der Waals surface area (Å²) in [6.07, 6.45) is -0.00928. The van der Waals surface area contributed by atoms with Gasteiger partial charge in [0.15, 0.2) is 0 Å². The maximum absolute atomic E-state index is 12.5. The Labute approximate surface area is 144 Å². The van der Waals surface area contributed by atoms with Gasteiger partial charge < -0.3 is 20.1 Å². The molecule has 122 valence electrons. The van der Waals surface area contributed by atoms with Crippen LogP contribution in [0.3, 0.4) is 0 Å². The molecule has 1 amide bonds. The lowest BCUT2D eigenvalue weighted by Crippen LogP contribution is -2.49. The molecule has 3 unspecified atom stereocenters. The minimum Gasteiger partial charge on any atom is -0.392 e. The van der Waals surface area contributed by atoms with Crippen LogP contribution < -0.4 is 5.32 Å². The fourth-order valence-electron chi connectivity index (χ4n) is 2.88. The van der Waals surface area contributed by atoms with Gasteiger partial charge in [0.05, 0.1) is 25.3 Å². The molecule has 1 aromatic rings. The zero-order chi connectivity index (χ0) is 14.8. The smallest absolute Gasteiger partial charge is 0.239 e. The molecule has 0 radical (unpaired) electrons. The van der Waals surface area contributed by atoms with E-state index in [1.165, 1.54) is 0 Å². The van der Waals surface area contributed by atoms with Crippen molar-refractivity contribution in [2.24, 2.45) is 0 Å². The first-order valence-electron chi connectivity index (χ1n) is 7.21. The molecule has 0 bridgehead atoms. The van der Waals surface area contributed by atoms with Crippen molar-refractivity contribution in [1.29, 1.82) is 0 Å². The maximum Gasteiger partial charge on any atom is 0.239 e. The van der Waals surface area contributed by atoms with Crippen LogP contribution in [0.15, 0.2) is 28.7 Å². The van der Waals surface area contributed by atoms with Crippen molar-refractivity contribution in [3.05, 3.63) is 34.3 Å². The molecule has 2 N–H and O–H groups in total. The molecule has 3 atom stereocenters. The van der Waals surface area contributed by atoms with E-state index in [1.807, 2.05) is 29.2 Å². The molecule has 0 aromatic heterocycles. The van der Waals surface area contributed by atoms with E-state index in [1.54, 1.807) is 0 Å². The summed E-state index contributed by atoms with van der Waals surface area (Å²) in [4.78, 5) is 14.3. The Kier molecular flexibility index (Phi) is 6.23. The highest BCUT2D eigenvalue weighted by Crippen LogP contribution is 2.25. The fraction of sp³-hybridized carbons (Fsp3) is 0.533. The van der Waals surface area contributed by atoms with E-state index in [-0.39, 0.29) is 30.5 Å². The number of aliphatic hydroxyl groups is 1. The third-order valence-corrected chi connectivity index (χ3v) is 4.50. The summed E-state index contributed by atoms with van der Waals surface area (Å²) in [5, 5.41) is 12.6. The average molecular weight is 392 g/mol. The molecule has 2 fully saturated rings. The van der Waals surface area contributed by atoms with E-state index in [0.717, 1.165) is 10.0 Å². The third kappa shape index (κ3) is 4.00. The van der Waals surface area contributed by atoms with Crippen molar-refractivity contribution in [3.8, 4) is 0 Å². The van der Waals surface area contributed by atoms with Gasteiger partial charge in [-0.15, -0.1) is 12.4 Å². The maximum atomic E-state index is 12.5. The standard InChI is InChI=1S/C15H19BrN2O3.ClH/c16-11-3-1-2-10(6-11)14-9-18(4-5-21-14)15(20)13-7-12(19)8-17-13;/h1-3,6,12-14,17,19H,4-5,7-9H2;1H. The lowest BCUT2D eigenvalue weighted by atomic mass is 10.1. The predicted molar refractivity (Wildman–Crippen MR) is 89.1 cm³/mol. The average Bonchev–Trinajstić information content (AvgIpc) is 2.93. The zero-order valence-electron chi connectivity index (χ0n) is 12.1. The largest absolute Gasteiger partial charge is 0.392 e. The monoisotopic (exact) mass is 390 g/mol. The van der Waals surface area contributed by atoms with Crippen molar-refractivity contribution in [2.45, 2.75) is 24.7 Å². The van der Waals surface area contributed by atoms with Crippen LogP contribution >= 0.6 is 28.3 Å². The fourth-order valence-corrected chi connectivity index (χ4v) is 3.30. The second-order valence-corrected chi connectivity index (χ2v) is 6.46. The molecular weight excluding hydrogens is 372 g/mol. The molecule has 0 aliphatic carbocycles. The molecule has 2 aliphatic heterocycles. The molecule has 22 heavy (non-hydrogen) atoms. The minimum atomic E-state index is -0.416. The quantitative estimate of drug-likeness (QED) is 0.802. The van der Waals surface area contributed by atoms with E-state index in [4.69, 9.17) is 4.74 Å². The number of nitrogens with one attached hydrogen (secondary N) is 1. The number of morpholine rings is 1. The van der Waals surface area contributed by atoms with E-state index >= 15 is 0 Å². The summed E-state index contributed by atoms with van der Waals surface area (Å²) < 4.78 is 6.81.